The third-order valence-corrected chi connectivity index (χ3v) is 3.57. The minimum atomic E-state index is -0.161. The predicted octanol–water partition coefficient (Wildman–Crippen LogP) is 3.66. The smallest absolute Gasteiger partial charge is 0.126 e. The first-order chi connectivity index (χ1) is 8.90. The van der Waals surface area contributed by atoms with Crippen molar-refractivity contribution < 1.29 is 4.39 Å². The number of anilines is 1. The third-order valence-electron chi connectivity index (χ3n) is 3.57. The Balaban J connectivity index is 2.25. The second kappa shape index (κ2) is 5.03. The second-order valence-electron chi connectivity index (χ2n) is 5.04. The highest BCUT2D eigenvalue weighted by Gasteiger charge is 2.13. The number of nitrogens with zero attached hydrogens (tertiary/aromatic N) is 2. The summed E-state index contributed by atoms with van der Waals surface area (Å²) in [5.74, 6) is -0.161. The monoisotopic (exact) mass is 261 g/mol. The summed E-state index contributed by atoms with van der Waals surface area (Å²) in [7, 11) is 1.92. The van der Waals surface area contributed by atoms with Crippen molar-refractivity contribution in [3.8, 4) is 0 Å². The molecule has 1 atom stereocenters. The molecular weight excluding hydrogens is 241 g/mol. The molecule has 0 spiro atoms. The number of nitrogens with one attached hydrogen (secondary N) is 1. The van der Waals surface area contributed by atoms with Crippen molar-refractivity contribution in [1.82, 2.24) is 9.78 Å². The molecular formula is C15H20FN3. The third kappa shape index (κ3) is 2.62. The largest absolute Gasteiger partial charge is 0.376 e. The van der Waals surface area contributed by atoms with E-state index >= 15 is 0 Å². The molecule has 1 heterocycles. The van der Waals surface area contributed by atoms with Crippen molar-refractivity contribution in [1.29, 1.82) is 0 Å². The summed E-state index contributed by atoms with van der Waals surface area (Å²) in [6.45, 7) is 7.78. The van der Waals surface area contributed by atoms with E-state index in [9.17, 15) is 4.39 Å². The molecule has 0 saturated carbocycles. The lowest BCUT2D eigenvalue weighted by atomic mass is 10.1. The van der Waals surface area contributed by atoms with Gasteiger partial charge in [0.15, 0.2) is 0 Å². The Morgan fingerprint density at radius 1 is 1.26 bits per heavy atom. The summed E-state index contributed by atoms with van der Waals surface area (Å²) in [6, 6.07) is 5.40. The van der Waals surface area contributed by atoms with Gasteiger partial charge in [-0.15, -0.1) is 0 Å². The van der Waals surface area contributed by atoms with Crippen LogP contribution in [0.25, 0.3) is 0 Å². The molecule has 102 valence electrons. The van der Waals surface area contributed by atoms with Crippen LogP contribution < -0.4 is 5.32 Å². The maximum atomic E-state index is 13.6. The molecule has 0 aliphatic carbocycles. The van der Waals surface area contributed by atoms with E-state index in [1.54, 1.807) is 13.0 Å². The van der Waals surface area contributed by atoms with Crippen LogP contribution in [0.4, 0.5) is 10.1 Å². The molecule has 3 nitrogen and oxygen atoms in total. The van der Waals surface area contributed by atoms with Crippen LogP contribution in [0.2, 0.25) is 0 Å². The van der Waals surface area contributed by atoms with Gasteiger partial charge in [-0.1, -0.05) is 12.1 Å². The van der Waals surface area contributed by atoms with Gasteiger partial charge in [0, 0.05) is 13.1 Å². The quantitative estimate of drug-likeness (QED) is 0.913. The summed E-state index contributed by atoms with van der Waals surface area (Å²) < 4.78 is 15.4. The molecule has 0 fully saturated rings. The lowest BCUT2D eigenvalue weighted by Gasteiger charge is -2.16. The Morgan fingerprint density at radius 2 is 1.95 bits per heavy atom. The first kappa shape index (κ1) is 13.6. The number of halogens is 1. The molecule has 2 rings (SSSR count). The minimum Gasteiger partial charge on any atom is -0.376 e. The van der Waals surface area contributed by atoms with Gasteiger partial charge in [-0.25, -0.2) is 4.39 Å². The van der Waals surface area contributed by atoms with Crippen molar-refractivity contribution in [3.05, 3.63) is 46.5 Å². The lowest BCUT2D eigenvalue weighted by Crippen LogP contribution is -2.08. The van der Waals surface area contributed by atoms with E-state index in [0.717, 1.165) is 22.6 Å². The van der Waals surface area contributed by atoms with Gasteiger partial charge in [0.05, 0.1) is 17.1 Å². The standard InChI is InChI=1S/C15H20FN3/c1-9-6-7-13(8-14(9)16)10(2)17-15-11(3)18-19(5)12(15)4/h6-8,10,17H,1-5H3. The lowest BCUT2D eigenvalue weighted by molar-refractivity contribution is 0.614. The Kier molecular flexibility index (Phi) is 3.60. The van der Waals surface area contributed by atoms with Gasteiger partial charge >= 0.3 is 0 Å². The number of benzene rings is 1. The summed E-state index contributed by atoms with van der Waals surface area (Å²) in [4.78, 5) is 0. The number of rotatable bonds is 3. The summed E-state index contributed by atoms with van der Waals surface area (Å²) in [6.07, 6.45) is 0. The Bertz CT molecular complexity index is 602. The molecule has 1 N–H and O–H groups in total. The van der Waals surface area contributed by atoms with Gasteiger partial charge in [0.1, 0.15) is 5.82 Å². The number of hydrogen-bond donors (Lipinski definition) is 1. The number of hydrogen-bond acceptors (Lipinski definition) is 2. The van der Waals surface area contributed by atoms with Crippen LogP contribution in [0.1, 0.15) is 35.5 Å². The van der Waals surface area contributed by atoms with Crippen LogP contribution in [-0.2, 0) is 7.05 Å². The van der Waals surface area contributed by atoms with E-state index in [1.807, 2.05) is 44.6 Å². The summed E-state index contributed by atoms with van der Waals surface area (Å²) in [5.41, 5.74) is 4.67. The minimum absolute atomic E-state index is 0.0386. The van der Waals surface area contributed by atoms with Crippen molar-refractivity contribution >= 4 is 5.69 Å². The Labute approximate surface area is 113 Å². The van der Waals surface area contributed by atoms with Crippen molar-refractivity contribution in [3.63, 3.8) is 0 Å². The SMILES string of the molecule is Cc1ccc(C(C)Nc2c(C)nn(C)c2C)cc1F. The fourth-order valence-electron chi connectivity index (χ4n) is 2.16. The normalized spacial score (nSPS) is 12.5. The van der Waals surface area contributed by atoms with Crippen molar-refractivity contribution in [2.24, 2.45) is 7.05 Å². The van der Waals surface area contributed by atoms with E-state index in [1.165, 1.54) is 0 Å². The number of aromatic nitrogens is 2. The molecule has 19 heavy (non-hydrogen) atoms. The zero-order valence-electron chi connectivity index (χ0n) is 12.1. The molecule has 0 aliphatic heterocycles. The highest BCUT2D eigenvalue weighted by molar-refractivity contribution is 5.53. The molecule has 2 aromatic rings. The Morgan fingerprint density at radius 3 is 2.47 bits per heavy atom. The van der Waals surface area contributed by atoms with E-state index in [0.29, 0.717) is 5.56 Å². The van der Waals surface area contributed by atoms with E-state index in [4.69, 9.17) is 0 Å². The average molecular weight is 261 g/mol. The highest BCUT2D eigenvalue weighted by Crippen LogP contribution is 2.25. The van der Waals surface area contributed by atoms with Gasteiger partial charge in [-0.05, 0) is 44.9 Å². The zero-order valence-corrected chi connectivity index (χ0v) is 12.1. The number of aryl methyl sites for hydroxylation is 3. The maximum Gasteiger partial charge on any atom is 0.126 e. The first-order valence-corrected chi connectivity index (χ1v) is 6.43. The van der Waals surface area contributed by atoms with Crippen LogP contribution in [0.5, 0.6) is 0 Å². The van der Waals surface area contributed by atoms with Crippen LogP contribution in [0.3, 0.4) is 0 Å². The highest BCUT2D eigenvalue weighted by atomic mass is 19.1. The zero-order chi connectivity index (χ0) is 14.2. The first-order valence-electron chi connectivity index (χ1n) is 6.43. The fraction of sp³-hybridized carbons (Fsp3) is 0.400. The van der Waals surface area contributed by atoms with Crippen LogP contribution in [0, 0.1) is 26.6 Å². The Hall–Kier alpha value is -1.84. The molecule has 1 unspecified atom stereocenters. The van der Waals surface area contributed by atoms with Crippen LogP contribution in [0.15, 0.2) is 18.2 Å². The van der Waals surface area contributed by atoms with Crippen LogP contribution >= 0.6 is 0 Å². The average Bonchev–Trinajstić information content (AvgIpc) is 2.59. The summed E-state index contributed by atoms with van der Waals surface area (Å²) >= 11 is 0. The second-order valence-corrected chi connectivity index (χ2v) is 5.04. The fourth-order valence-corrected chi connectivity index (χ4v) is 2.16. The maximum absolute atomic E-state index is 13.6. The molecule has 0 aliphatic rings. The van der Waals surface area contributed by atoms with Crippen molar-refractivity contribution in [2.45, 2.75) is 33.7 Å². The van der Waals surface area contributed by atoms with Gasteiger partial charge in [0.2, 0.25) is 0 Å². The molecule has 0 amide bonds. The van der Waals surface area contributed by atoms with E-state index < -0.39 is 0 Å². The summed E-state index contributed by atoms with van der Waals surface area (Å²) in [5, 5.41) is 7.78. The van der Waals surface area contributed by atoms with E-state index in [2.05, 4.69) is 10.4 Å². The molecule has 0 bridgehead atoms. The molecule has 0 saturated heterocycles. The van der Waals surface area contributed by atoms with Gasteiger partial charge in [-0.3, -0.25) is 4.68 Å². The van der Waals surface area contributed by atoms with Gasteiger partial charge in [0.25, 0.3) is 0 Å². The molecule has 0 radical (unpaired) electrons. The molecule has 1 aromatic carbocycles. The predicted molar refractivity (Wildman–Crippen MR) is 75.9 cm³/mol. The topological polar surface area (TPSA) is 29.9 Å². The van der Waals surface area contributed by atoms with E-state index in [-0.39, 0.29) is 11.9 Å². The molecule has 4 heteroatoms. The van der Waals surface area contributed by atoms with Crippen molar-refractivity contribution in [2.75, 3.05) is 5.32 Å². The van der Waals surface area contributed by atoms with Crippen LogP contribution in [-0.4, -0.2) is 9.78 Å². The van der Waals surface area contributed by atoms with Gasteiger partial charge in [-0.2, -0.15) is 5.10 Å². The molecule has 1 aromatic heterocycles. The van der Waals surface area contributed by atoms with Gasteiger partial charge < -0.3 is 5.32 Å².